The van der Waals surface area contributed by atoms with Gasteiger partial charge in [0.05, 0.1) is 12.5 Å². The molecule has 1 aromatic carbocycles. The Morgan fingerprint density at radius 1 is 1.38 bits per heavy atom. The fourth-order valence-electron chi connectivity index (χ4n) is 2.12. The van der Waals surface area contributed by atoms with Crippen LogP contribution < -0.4 is 0 Å². The summed E-state index contributed by atoms with van der Waals surface area (Å²) in [6.07, 6.45) is 0. The zero-order valence-electron chi connectivity index (χ0n) is 12.3. The van der Waals surface area contributed by atoms with Crippen LogP contribution in [0.3, 0.4) is 0 Å². The highest BCUT2D eigenvalue weighted by atomic mass is 16.5. The molecular weight excluding hydrogens is 268 g/mol. The number of rotatable bonds is 7. The second kappa shape index (κ2) is 7.04. The van der Waals surface area contributed by atoms with E-state index in [1.54, 1.807) is 6.92 Å². The van der Waals surface area contributed by atoms with E-state index >= 15 is 0 Å². The normalized spacial score (nSPS) is 12.5. The Morgan fingerprint density at radius 2 is 2.10 bits per heavy atom. The van der Waals surface area contributed by atoms with E-state index in [0.29, 0.717) is 13.1 Å². The van der Waals surface area contributed by atoms with E-state index in [1.807, 2.05) is 48.2 Å². The maximum Gasteiger partial charge on any atom is 0.307 e. The van der Waals surface area contributed by atoms with Gasteiger partial charge in [-0.2, -0.15) is 0 Å². The fraction of sp³-hybridized carbons (Fsp3) is 0.375. The average molecular weight is 288 g/mol. The molecule has 1 N–H and O–H groups in total. The molecule has 0 aliphatic carbocycles. The Balaban J connectivity index is 2.02. The van der Waals surface area contributed by atoms with Crippen molar-refractivity contribution >= 4 is 5.97 Å². The molecule has 5 nitrogen and oxygen atoms in total. The van der Waals surface area contributed by atoms with Crippen LogP contribution in [0.25, 0.3) is 11.3 Å². The molecule has 1 heterocycles. The van der Waals surface area contributed by atoms with Crippen molar-refractivity contribution in [2.24, 2.45) is 5.92 Å². The zero-order valence-corrected chi connectivity index (χ0v) is 12.3. The van der Waals surface area contributed by atoms with Gasteiger partial charge in [-0.25, -0.2) is 0 Å². The molecule has 0 saturated carbocycles. The predicted octanol–water partition coefficient (Wildman–Crippen LogP) is 2.88. The lowest BCUT2D eigenvalue weighted by Gasteiger charge is -2.20. The highest BCUT2D eigenvalue weighted by Gasteiger charge is 2.17. The number of hydrogen-bond acceptors (Lipinski definition) is 4. The molecule has 5 heteroatoms. The minimum absolute atomic E-state index is 0.401. The first-order valence-electron chi connectivity index (χ1n) is 7.06. The number of hydrogen-bond donors (Lipinski definition) is 1. The van der Waals surface area contributed by atoms with Crippen LogP contribution >= 0.6 is 0 Å². The van der Waals surface area contributed by atoms with Gasteiger partial charge < -0.3 is 9.63 Å². The molecule has 0 bridgehead atoms. The number of carboxylic acids is 1. The van der Waals surface area contributed by atoms with Gasteiger partial charge in [-0.05, 0) is 6.54 Å². The summed E-state index contributed by atoms with van der Waals surface area (Å²) in [7, 11) is 0. The number of carbonyl (C=O) groups is 1. The summed E-state index contributed by atoms with van der Waals surface area (Å²) in [6, 6.07) is 11.7. The largest absolute Gasteiger partial charge is 0.481 e. The van der Waals surface area contributed by atoms with Gasteiger partial charge >= 0.3 is 5.97 Å². The Morgan fingerprint density at radius 3 is 2.71 bits per heavy atom. The molecule has 0 radical (unpaired) electrons. The van der Waals surface area contributed by atoms with E-state index in [-0.39, 0.29) is 0 Å². The molecule has 2 aromatic rings. The van der Waals surface area contributed by atoms with Crippen molar-refractivity contribution < 1.29 is 14.4 Å². The average Bonchev–Trinajstić information content (AvgIpc) is 2.95. The first-order chi connectivity index (χ1) is 10.1. The molecule has 112 valence electrons. The molecule has 2 rings (SSSR count). The number of nitrogens with zero attached hydrogens (tertiary/aromatic N) is 2. The van der Waals surface area contributed by atoms with Crippen molar-refractivity contribution in [3.8, 4) is 11.3 Å². The molecule has 0 aliphatic heterocycles. The molecular formula is C16H20N2O3. The fourth-order valence-corrected chi connectivity index (χ4v) is 2.12. The summed E-state index contributed by atoms with van der Waals surface area (Å²) >= 11 is 0. The number of aromatic nitrogens is 1. The SMILES string of the molecule is CCN(Cc1cc(-c2ccccc2)no1)CC(C)C(=O)O. The van der Waals surface area contributed by atoms with Crippen LogP contribution in [0.5, 0.6) is 0 Å². The van der Waals surface area contributed by atoms with Crippen LogP contribution in [-0.4, -0.2) is 34.2 Å². The molecule has 1 aromatic heterocycles. The lowest BCUT2D eigenvalue weighted by Crippen LogP contribution is -2.31. The highest BCUT2D eigenvalue weighted by Crippen LogP contribution is 2.19. The third-order valence-electron chi connectivity index (χ3n) is 3.41. The standard InChI is InChI=1S/C16H20N2O3/c1-3-18(10-12(2)16(19)20)11-14-9-15(17-21-14)13-7-5-4-6-8-13/h4-9,12H,3,10-11H2,1-2H3,(H,19,20). The summed E-state index contributed by atoms with van der Waals surface area (Å²) < 4.78 is 5.35. The lowest BCUT2D eigenvalue weighted by molar-refractivity contribution is -0.141. The van der Waals surface area contributed by atoms with E-state index in [4.69, 9.17) is 9.63 Å². The topological polar surface area (TPSA) is 66.6 Å². The van der Waals surface area contributed by atoms with Crippen LogP contribution in [-0.2, 0) is 11.3 Å². The van der Waals surface area contributed by atoms with Crippen molar-refractivity contribution in [1.29, 1.82) is 0 Å². The maximum absolute atomic E-state index is 10.9. The van der Waals surface area contributed by atoms with Crippen molar-refractivity contribution in [3.05, 3.63) is 42.2 Å². The van der Waals surface area contributed by atoms with E-state index in [1.165, 1.54) is 0 Å². The van der Waals surface area contributed by atoms with E-state index in [9.17, 15) is 4.79 Å². The smallest absolute Gasteiger partial charge is 0.307 e. The van der Waals surface area contributed by atoms with Crippen molar-refractivity contribution in [2.75, 3.05) is 13.1 Å². The van der Waals surface area contributed by atoms with E-state index in [0.717, 1.165) is 23.6 Å². The summed E-state index contributed by atoms with van der Waals surface area (Å²) in [5.41, 5.74) is 1.81. The number of aliphatic carboxylic acids is 1. The first-order valence-corrected chi connectivity index (χ1v) is 7.06. The number of carboxylic acid groups (broad SMARTS) is 1. The van der Waals surface area contributed by atoms with Gasteiger partial charge in [-0.1, -0.05) is 49.3 Å². The van der Waals surface area contributed by atoms with Gasteiger partial charge in [0.1, 0.15) is 5.69 Å². The highest BCUT2D eigenvalue weighted by molar-refractivity contribution is 5.69. The Kier molecular flexibility index (Phi) is 5.11. The summed E-state index contributed by atoms with van der Waals surface area (Å²) in [5.74, 6) is -0.439. The minimum Gasteiger partial charge on any atom is -0.481 e. The molecule has 1 unspecified atom stereocenters. The van der Waals surface area contributed by atoms with Crippen LogP contribution in [0.2, 0.25) is 0 Å². The van der Waals surface area contributed by atoms with Crippen LogP contribution in [0.15, 0.2) is 40.9 Å². The van der Waals surface area contributed by atoms with Crippen molar-refractivity contribution in [3.63, 3.8) is 0 Å². The van der Waals surface area contributed by atoms with Gasteiger partial charge in [0.15, 0.2) is 5.76 Å². The molecule has 0 saturated heterocycles. The molecule has 21 heavy (non-hydrogen) atoms. The molecule has 1 atom stereocenters. The first kappa shape index (κ1) is 15.3. The van der Waals surface area contributed by atoms with Gasteiger partial charge in [0.2, 0.25) is 0 Å². The zero-order chi connectivity index (χ0) is 15.2. The summed E-state index contributed by atoms with van der Waals surface area (Å²) in [5, 5.41) is 13.1. The number of benzene rings is 1. The van der Waals surface area contributed by atoms with Gasteiger partial charge in [0, 0.05) is 18.2 Å². The monoisotopic (exact) mass is 288 g/mol. The van der Waals surface area contributed by atoms with Gasteiger partial charge in [-0.3, -0.25) is 9.69 Å². The Bertz CT molecular complexity index is 580. The second-order valence-corrected chi connectivity index (χ2v) is 5.11. The van der Waals surface area contributed by atoms with Gasteiger partial charge in [0.25, 0.3) is 0 Å². The minimum atomic E-state index is -0.781. The van der Waals surface area contributed by atoms with Crippen LogP contribution in [0, 0.1) is 5.92 Å². The van der Waals surface area contributed by atoms with E-state index in [2.05, 4.69) is 5.16 Å². The third kappa shape index (κ3) is 4.16. The summed E-state index contributed by atoms with van der Waals surface area (Å²) in [6.45, 7) is 5.53. The van der Waals surface area contributed by atoms with E-state index < -0.39 is 11.9 Å². The maximum atomic E-state index is 10.9. The molecule has 0 aliphatic rings. The molecule has 0 fully saturated rings. The second-order valence-electron chi connectivity index (χ2n) is 5.11. The molecule has 0 amide bonds. The predicted molar refractivity (Wildman–Crippen MR) is 79.7 cm³/mol. The van der Waals surface area contributed by atoms with Crippen molar-refractivity contribution in [1.82, 2.24) is 10.1 Å². The lowest BCUT2D eigenvalue weighted by atomic mass is 10.1. The van der Waals surface area contributed by atoms with Crippen molar-refractivity contribution in [2.45, 2.75) is 20.4 Å². The van der Waals surface area contributed by atoms with Gasteiger partial charge in [-0.15, -0.1) is 0 Å². The Hall–Kier alpha value is -2.14. The van der Waals surface area contributed by atoms with Crippen LogP contribution in [0.1, 0.15) is 19.6 Å². The Labute approximate surface area is 124 Å². The molecule has 0 spiro atoms. The third-order valence-corrected chi connectivity index (χ3v) is 3.41. The van der Waals surface area contributed by atoms with Crippen LogP contribution in [0.4, 0.5) is 0 Å². The quantitative estimate of drug-likeness (QED) is 0.848. The summed E-state index contributed by atoms with van der Waals surface area (Å²) in [4.78, 5) is 13.0.